The molecule has 0 radical (unpaired) electrons. The molecule has 9 nitrogen and oxygen atoms in total. The Kier molecular flexibility index (Phi) is 8.70. The Morgan fingerprint density at radius 2 is 1.57 bits per heavy atom. The number of hydrazine groups is 1. The van der Waals surface area contributed by atoms with Gasteiger partial charge < -0.3 is 4.74 Å². The molecule has 158 valence electrons. The molecule has 3 N–H and O–H groups in total. The fraction of sp³-hybridized carbons (Fsp3) is 0.250. The SMILES string of the molecule is CCCCCOc1ccc(C(=O)NC(=S)NNC(=O)c2ccc([N+](=O)[O-])cc2)cc1. The molecule has 2 aromatic carbocycles. The van der Waals surface area contributed by atoms with Crippen LogP contribution in [0, 0.1) is 10.1 Å². The third-order valence-corrected chi connectivity index (χ3v) is 4.19. The Morgan fingerprint density at radius 3 is 2.17 bits per heavy atom. The van der Waals surface area contributed by atoms with Gasteiger partial charge in [0, 0.05) is 23.3 Å². The highest BCUT2D eigenvalue weighted by Crippen LogP contribution is 2.13. The molecule has 0 aromatic heterocycles. The van der Waals surface area contributed by atoms with Gasteiger partial charge in [-0.15, -0.1) is 0 Å². The van der Waals surface area contributed by atoms with E-state index in [9.17, 15) is 19.7 Å². The van der Waals surface area contributed by atoms with Crippen molar-refractivity contribution in [2.45, 2.75) is 26.2 Å². The first kappa shape index (κ1) is 22.8. The van der Waals surface area contributed by atoms with Gasteiger partial charge in [-0.1, -0.05) is 19.8 Å². The van der Waals surface area contributed by atoms with Gasteiger partial charge in [-0.05, 0) is 55.0 Å². The number of nitrogens with one attached hydrogen (secondary N) is 3. The van der Waals surface area contributed by atoms with Gasteiger partial charge in [0.1, 0.15) is 5.75 Å². The smallest absolute Gasteiger partial charge is 0.269 e. The molecule has 0 aliphatic rings. The first-order valence-corrected chi connectivity index (χ1v) is 9.70. The Balaban J connectivity index is 1.79. The number of carbonyl (C=O) groups is 2. The van der Waals surface area contributed by atoms with Crippen molar-refractivity contribution in [1.82, 2.24) is 16.2 Å². The number of hydrogen-bond acceptors (Lipinski definition) is 6. The summed E-state index contributed by atoms with van der Waals surface area (Å²) in [4.78, 5) is 34.3. The van der Waals surface area contributed by atoms with Crippen LogP contribution >= 0.6 is 12.2 Å². The Hall–Kier alpha value is -3.53. The van der Waals surface area contributed by atoms with Crippen molar-refractivity contribution in [3.8, 4) is 5.75 Å². The number of ether oxygens (including phenoxy) is 1. The van der Waals surface area contributed by atoms with E-state index in [1.807, 2.05) is 0 Å². The van der Waals surface area contributed by atoms with Crippen molar-refractivity contribution in [2.75, 3.05) is 6.61 Å². The quantitative estimate of drug-likeness (QED) is 0.254. The number of rotatable bonds is 8. The molecule has 10 heteroatoms. The van der Waals surface area contributed by atoms with Crippen LogP contribution in [0.25, 0.3) is 0 Å². The number of non-ortho nitro benzene ring substituents is 1. The minimum atomic E-state index is -0.564. The predicted molar refractivity (Wildman–Crippen MR) is 115 cm³/mol. The summed E-state index contributed by atoms with van der Waals surface area (Å²) >= 11 is 4.99. The Bertz CT molecular complexity index is 900. The summed E-state index contributed by atoms with van der Waals surface area (Å²) in [5.74, 6) is -0.334. The van der Waals surface area contributed by atoms with Gasteiger partial charge in [0.15, 0.2) is 5.11 Å². The van der Waals surface area contributed by atoms with Crippen molar-refractivity contribution >= 4 is 34.8 Å². The van der Waals surface area contributed by atoms with Crippen molar-refractivity contribution in [1.29, 1.82) is 0 Å². The van der Waals surface area contributed by atoms with Crippen LogP contribution in [0.2, 0.25) is 0 Å². The number of unbranched alkanes of at least 4 members (excludes halogenated alkanes) is 2. The maximum atomic E-state index is 12.2. The summed E-state index contributed by atoms with van der Waals surface area (Å²) in [5, 5.41) is 13.0. The van der Waals surface area contributed by atoms with Crippen molar-refractivity contribution in [3.63, 3.8) is 0 Å². The van der Waals surface area contributed by atoms with Crippen molar-refractivity contribution in [2.24, 2.45) is 0 Å². The molecule has 0 saturated heterocycles. The fourth-order valence-corrected chi connectivity index (χ4v) is 2.52. The molecule has 0 atom stereocenters. The van der Waals surface area contributed by atoms with Crippen LogP contribution in [-0.2, 0) is 0 Å². The van der Waals surface area contributed by atoms with Crippen LogP contribution in [0.3, 0.4) is 0 Å². The summed E-state index contributed by atoms with van der Waals surface area (Å²) in [7, 11) is 0. The molecule has 0 heterocycles. The van der Waals surface area contributed by atoms with Crippen LogP contribution < -0.4 is 20.9 Å². The molecule has 0 spiro atoms. The van der Waals surface area contributed by atoms with E-state index in [1.54, 1.807) is 24.3 Å². The van der Waals surface area contributed by atoms with E-state index < -0.39 is 16.7 Å². The second-order valence-electron chi connectivity index (χ2n) is 6.25. The largest absolute Gasteiger partial charge is 0.494 e. The zero-order valence-electron chi connectivity index (χ0n) is 16.3. The number of amides is 2. The minimum absolute atomic E-state index is 0.102. The van der Waals surface area contributed by atoms with E-state index in [1.165, 1.54) is 24.3 Å². The number of carbonyl (C=O) groups excluding carboxylic acids is 2. The van der Waals surface area contributed by atoms with Crippen LogP contribution in [0.1, 0.15) is 46.9 Å². The highest BCUT2D eigenvalue weighted by Gasteiger charge is 2.11. The highest BCUT2D eigenvalue weighted by molar-refractivity contribution is 7.80. The first-order valence-electron chi connectivity index (χ1n) is 9.29. The zero-order chi connectivity index (χ0) is 21.9. The highest BCUT2D eigenvalue weighted by atomic mass is 32.1. The van der Waals surface area contributed by atoms with E-state index in [0.717, 1.165) is 19.3 Å². The third kappa shape index (κ3) is 7.13. The number of nitro benzene ring substituents is 1. The second-order valence-corrected chi connectivity index (χ2v) is 6.65. The first-order chi connectivity index (χ1) is 14.4. The monoisotopic (exact) mass is 430 g/mol. The van der Waals surface area contributed by atoms with E-state index in [-0.39, 0.29) is 16.4 Å². The van der Waals surface area contributed by atoms with Crippen LogP contribution in [0.15, 0.2) is 48.5 Å². The van der Waals surface area contributed by atoms with Crippen LogP contribution in [0.5, 0.6) is 5.75 Å². The van der Waals surface area contributed by atoms with E-state index >= 15 is 0 Å². The van der Waals surface area contributed by atoms with E-state index in [0.29, 0.717) is 17.9 Å². The average molecular weight is 430 g/mol. The molecule has 2 amide bonds. The molecule has 0 unspecified atom stereocenters. The van der Waals surface area contributed by atoms with Gasteiger partial charge in [0.05, 0.1) is 11.5 Å². The van der Waals surface area contributed by atoms with Gasteiger partial charge >= 0.3 is 0 Å². The molecular weight excluding hydrogens is 408 g/mol. The number of thiocarbonyl (C=S) groups is 1. The number of nitro groups is 1. The maximum Gasteiger partial charge on any atom is 0.269 e. The fourth-order valence-electron chi connectivity index (χ4n) is 2.37. The normalized spacial score (nSPS) is 10.0. The van der Waals surface area contributed by atoms with Crippen LogP contribution in [-0.4, -0.2) is 28.5 Å². The maximum absolute atomic E-state index is 12.2. The standard InChI is InChI=1S/C20H22N4O5S/c1-2-3-4-13-29-17-11-7-14(8-12-17)18(25)21-20(30)23-22-19(26)15-5-9-16(10-6-15)24(27)28/h5-12H,2-4,13H2,1H3,(H,22,26)(H2,21,23,25,30). The summed E-state index contributed by atoms with van der Waals surface area (Å²) in [6.07, 6.45) is 3.20. The lowest BCUT2D eigenvalue weighted by Crippen LogP contribution is -2.48. The molecule has 2 aromatic rings. The summed E-state index contributed by atoms with van der Waals surface area (Å²) in [6.45, 7) is 2.75. The molecule has 0 aliphatic heterocycles. The van der Waals surface area contributed by atoms with Crippen molar-refractivity contribution in [3.05, 3.63) is 69.8 Å². The minimum Gasteiger partial charge on any atom is -0.494 e. The zero-order valence-corrected chi connectivity index (χ0v) is 17.2. The third-order valence-electron chi connectivity index (χ3n) is 3.99. The van der Waals surface area contributed by atoms with E-state index in [2.05, 4.69) is 23.1 Å². The van der Waals surface area contributed by atoms with Gasteiger partial charge in [0.2, 0.25) is 0 Å². The number of nitrogens with zero attached hydrogens (tertiary/aromatic N) is 1. The predicted octanol–water partition coefficient (Wildman–Crippen LogP) is 3.11. The molecule has 0 aliphatic carbocycles. The van der Waals surface area contributed by atoms with Gasteiger partial charge in [-0.3, -0.25) is 35.9 Å². The topological polar surface area (TPSA) is 123 Å². The number of hydrogen-bond donors (Lipinski definition) is 3. The van der Waals surface area contributed by atoms with Gasteiger partial charge in [-0.25, -0.2) is 0 Å². The molecule has 2 rings (SSSR count). The van der Waals surface area contributed by atoms with Gasteiger partial charge in [0.25, 0.3) is 17.5 Å². The molecule has 0 fully saturated rings. The molecule has 0 saturated carbocycles. The molecule has 0 bridgehead atoms. The lowest BCUT2D eigenvalue weighted by atomic mass is 10.2. The second kappa shape index (κ2) is 11.5. The lowest BCUT2D eigenvalue weighted by molar-refractivity contribution is -0.384. The summed E-state index contributed by atoms with van der Waals surface area (Å²) in [5.41, 5.74) is 5.17. The van der Waals surface area contributed by atoms with Crippen LogP contribution in [0.4, 0.5) is 5.69 Å². The van der Waals surface area contributed by atoms with Crippen molar-refractivity contribution < 1.29 is 19.2 Å². The summed E-state index contributed by atoms with van der Waals surface area (Å²) < 4.78 is 5.60. The Labute approximate surface area is 178 Å². The molecular formula is C20H22N4O5S. The average Bonchev–Trinajstić information content (AvgIpc) is 2.75. The Morgan fingerprint density at radius 1 is 0.967 bits per heavy atom. The lowest BCUT2D eigenvalue weighted by Gasteiger charge is -2.11. The molecule has 30 heavy (non-hydrogen) atoms. The van der Waals surface area contributed by atoms with E-state index in [4.69, 9.17) is 17.0 Å². The van der Waals surface area contributed by atoms with Gasteiger partial charge in [-0.2, -0.15) is 0 Å². The number of benzene rings is 2. The summed E-state index contributed by atoms with van der Waals surface area (Å²) in [6, 6.07) is 11.7.